The quantitative estimate of drug-likeness (QED) is 0.859. The monoisotopic (exact) mass is 342 g/mol. The molecule has 1 fully saturated rings. The van der Waals surface area contributed by atoms with Crippen LogP contribution in [0.15, 0.2) is 18.2 Å². The second kappa shape index (κ2) is 8.47. The van der Waals surface area contributed by atoms with E-state index in [0.717, 1.165) is 38.3 Å². The molecule has 0 aliphatic carbocycles. The van der Waals surface area contributed by atoms with Crippen molar-refractivity contribution in [2.75, 3.05) is 39.8 Å². The number of nitrogens with one attached hydrogen (secondary N) is 2. The maximum Gasteiger partial charge on any atom is 0.315 e. The fourth-order valence-corrected chi connectivity index (χ4v) is 2.77. The molecule has 5 nitrogen and oxygen atoms in total. The lowest BCUT2D eigenvalue weighted by Gasteiger charge is -2.34. The number of piperazine rings is 1. The van der Waals surface area contributed by atoms with Crippen molar-refractivity contribution in [3.05, 3.63) is 34.6 Å². The molecule has 0 radical (unpaired) electrons. The Morgan fingerprint density at radius 1 is 1.35 bits per heavy atom. The maximum atomic E-state index is 13.1. The van der Waals surface area contributed by atoms with E-state index in [9.17, 15) is 9.18 Å². The third-order valence-corrected chi connectivity index (χ3v) is 4.23. The number of urea groups is 1. The highest BCUT2D eigenvalue weighted by Crippen LogP contribution is 2.15. The zero-order chi connectivity index (χ0) is 16.8. The number of rotatable bonds is 5. The molecule has 0 bridgehead atoms. The summed E-state index contributed by atoms with van der Waals surface area (Å²) in [5.41, 5.74) is 0.762. The van der Waals surface area contributed by atoms with Crippen molar-refractivity contribution in [2.45, 2.75) is 19.5 Å². The minimum absolute atomic E-state index is 0.0631. The highest BCUT2D eigenvalue weighted by Gasteiger charge is 2.17. The fourth-order valence-electron chi connectivity index (χ4n) is 2.57. The summed E-state index contributed by atoms with van der Waals surface area (Å²) in [5.74, 6) is -0.458. The molecule has 128 valence electrons. The minimum atomic E-state index is -0.458. The molecule has 2 N–H and O–H groups in total. The summed E-state index contributed by atoms with van der Waals surface area (Å²) >= 11 is 5.72. The maximum absolute atomic E-state index is 13.1. The third-order valence-electron chi connectivity index (χ3n) is 3.94. The van der Waals surface area contributed by atoms with Crippen molar-refractivity contribution < 1.29 is 9.18 Å². The van der Waals surface area contributed by atoms with Crippen LogP contribution < -0.4 is 10.6 Å². The highest BCUT2D eigenvalue weighted by molar-refractivity contribution is 6.30. The van der Waals surface area contributed by atoms with Crippen molar-refractivity contribution in [1.82, 2.24) is 20.4 Å². The number of halogens is 2. The second-order valence-electron chi connectivity index (χ2n) is 6.08. The van der Waals surface area contributed by atoms with E-state index in [-0.39, 0.29) is 17.1 Å². The van der Waals surface area contributed by atoms with Crippen LogP contribution in [0.2, 0.25) is 5.02 Å². The number of amides is 2. The molecule has 1 unspecified atom stereocenters. The van der Waals surface area contributed by atoms with Gasteiger partial charge in [0.2, 0.25) is 0 Å². The van der Waals surface area contributed by atoms with E-state index < -0.39 is 5.82 Å². The predicted octanol–water partition coefficient (Wildman–Crippen LogP) is 1.91. The molecule has 1 saturated heterocycles. The molecule has 1 aliphatic rings. The Morgan fingerprint density at radius 2 is 2.04 bits per heavy atom. The molecule has 2 rings (SSSR count). The second-order valence-corrected chi connectivity index (χ2v) is 6.49. The topological polar surface area (TPSA) is 47.6 Å². The molecule has 0 spiro atoms. The van der Waals surface area contributed by atoms with Crippen molar-refractivity contribution in [1.29, 1.82) is 0 Å². The van der Waals surface area contributed by atoms with Gasteiger partial charge in [0.25, 0.3) is 0 Å². The molecule has 0 aromatic heterocycles. The Bertz CT molecular complexity index is 535. The molecule has 1 aliphatic heterocycles. The van der Waals surface area contributed by atoms with Gasteiger partial charge in [0.15, 0.2) is 0 Å². The SMILES string of the molecule is CC(CN1CCN(C)CC1)NC(=O)NCc1ccc(F)c(Cl)c1. The lowest BCUT2D eigenvalue weighted by molar-refractivity contribution is 0.144. The average Bonchev–Trinajstić information content (AvgIpc) is 2.51. The van der Waals surface area contributed by atoms with E-state index in [1.165, 1.54) is 12.1 Å². The first-order valence-electron chi connectivity index (χ1n) is 7.83. The van der Waals surface area contributed by atoms with E-state index in [1.807, 2.05) is 6.92 Å². The van der Waals surface area contributed by atoms with Crippen LogP contribution in [0.3, 0.4) is 0 Å². The number of likely N-dealkylation sites (N-methyl/N-ethyl adjacent to an activating group) is 1. The highest BCUT2D eigenvalue weighted by atomic mass is 35.5. The van der Waals surface area contributed by atoms with E-state index in [0.29, 0.717) is 6.54 Å². The Balaban J connectivity index is 1.70. The van der Waals surface area contributed by atoms with E-state index in [2.05, 4.69) is 27.5 Å². The van der Waals surface area contributed by atoms with Crippen LogP contribution in [0.4, 0.5) is 9.18 Å². The van der Waals surface area contributed by atoms with Gasteiger partial charge in [-0.05, 0) is 31.7 Å². The first kappa shape index (κ1) is 18.0. The zero-order valence-electron chi connectivity index (χ0n) is 13.6. The summed E-state index contributed by atoms with van der Waals surface area (Å²) in [4.78, 5) is 16.6. The van der Waals surface area contributed by atoms with Gasteiger partial charge in [-0.15, -0.1) is 0 Å². The number of benzene rings is 1. The van der Waals surface area contributed by atoms with Gasteiger partial charge in [0.05, 0.1) is 5.02 Å². The van der Waals surface area contributed by atoms with Gasteiger partial charge in [-0.2, -0.15) is 0 Å². The molecule has 1 heterocycles. The van der Waals surface area contributed by atoms with Gasteiger partial charge in [0.1, 0.15) is 5.82 Å². The molecule has 2 amide bonds. The molecule has 7 heteroatoms. The van der Waals surface area contributed by atoms with Gasteiger partial charge in [-0.3, -0.25) is 4.90 Å². The third kappa shape index (κ3) is 5.97. The number of nitrogens with zero attached hydrogens (tertiary/aromatic N) is 2. The number of carbonyl (C=O) groups excluding carboxylic acids is 1. The summed E-state index contributed by atoms with van der Waals surface area (Å²) < 4.78 is 13.1. The Kier molecular flexibility index (Phi) is 6.62. The van der Waals surface area contributed by atoms with Crippen molar-refractivity contribution in [2.24, 2.45) is 0 Å². The summed E-state index contributed by atoms with van der Waals surface area (Å²) in [6, 6.07) is 4.26. The number of carbonyl (C=O) groups is 1. The van der Waals surface area contributed by atoms with Gasteiger partial charge in [-0.1, -0.05) is 17.7 Å². The van der Waals surface area contributed by atoms with Crippen molar-refractivity contribution in [3.63, 3.8) is 0 Å². The zero-order valence-corrected chi connectivity index (χ0v) is 14.4. The molecular weight excluding hydrogens is 319 g/mol. The van der Waals surface area contributed by atoms with Crippen molar-refractivity contribution in [3.8, 4) is 0 Å². The molecule has 0 saturated carbocycles. The molecule has 1 atom stereocenters. The summed E-state index contributed by atoms with van der Waals surface area (Å²) in [5, 5.41) is 5.75. The van der Waals surface area contributed by atoms with Crippen LogP contribution in [-0.4, -0.2) is 61.6 Å². The first-order valence-corrected chi connectivity index (χ1v) is 8.21. The van der Waals surface area contributed by atoms with Gasteiger partial charge in [0, 0.05) is 45.3 Å². The smallest absolute Gasteiger partial charge is 0.315 e. The summed E-state index contributed by atoms with van der Waals surface area (Å²) in [6.45, 7) is 7.31. The lowest BCUT2D eigenvalue weighted by atomic mass is 10.2. The standard InChI is InChI=1S/C16H24ClFN4O/c1-12(11-22-7-5-21(2)6-8-22)20-16(23)19-10-13-3-4-15(18)14(17)9-13/h3-4,9,12H,5-8,10-11H2,1-2H3,(H2,19,20,23). The molecule has 23 heavy (non-hydrogen) atoms. The Labute approximate surface area is 141 Å². The van der Waals surface area contributed by atoms with Crippen LogP contribution in [0.25, 0.3) is 0 Å². The summed E-state index contributed by atoms with van der Waals surface area (Å²) in [6.07, 6.45) is 0. The van der Waals surface area contributed by atoms with E-state index >= 15 is 0 Å². The van der Waals surface area contributed by atoms with E-state index in [4.69, 9.17) is 11.6 Å². The lowest BCUT2D eigenvalue weighted by Crippen LogP contribution is -2.51. The van der Waals surface area contributed by atoms with Gasteiger partial charge in [-0.25, -0.2) is 9.18 Å². The van der Waals surface area contributed by atoms with Crippen LogP contribution in [-0.2, 0) is 6.54 Å². The van der Waals surface area contributed by atoms with Crippen molar-refractivity contribution >= 4 is 17.6 Å². The van der Waals surface area contributed by atoms with Gasteiger partial charge < -0.3 is 15.5 Å². The molecular formula is C16H24ClFN4O. The predicted molar refractivity (Wildman–Crippen MR) is 90.2 cm³/mol. The minimum Gasteiger partial charge on any atom is -0.334 e. The molecule has 1 aromatic carbocycles. The number of hydrogen-bond acceptors (Lipinski definition) is 3. The summed E-state index contributed by atoms with van der Waals surface area (Å²) in [7, 11) is 2.12. The van der Waals surface area contributed by atoms with E-state index in [1.54, 1.807) is 6.07 Å². The van der Waals surface area contributed by atoms with Crippen LogP contribution >= 0.6 is 11.6 Å². The Hall–Kier alpha value is -1.37. The molecule has 1 aromatic rings. The van der Waals surface area contributed by atoms with Crippen LogP contribution in [0.1, 0.15) is 12.5 Å². The van der Waals surface area contributed by atoms with Gasteiger partial charge >= 0.3 is 6.03 Å². The van der Waals surface area contributed by atoms with Crippen LogP contribution in [0, 0.1) is 5.82 Å². The first-order chi connectivity index (χ1) is 10.9. The Morgan fingerprint density at radius 3 is 2.70 bits per heavy atom. The number of hydrogen-bond donors (Lipinski definition) is 2. The average molecular weight is 343 g/mol. The normalized spacial score (nSPS) is 17.7. The van der Waals surface area contributed by atoms with Crippen LogP contribution in [0.5, 0.6) is 0 Å². The largest absolute Gasteiger partial charge is 0.334 e. The fraction of sp³-hybridized carbons (Fsp3) is 0.562.